The van der Waals surface area contributed by atoms with Gasteiger partial charge in [-0.2, -0.15) is 0 Å². The topological polar surface area (TPSA) is 59.0 Å². The summed E-state index contributed by atoms with van der Waals surface area (Å²) in [7, 11) is 1.65. The van der Waals surface area contributed by atoms with Gasteiger partial charge in [0.05, 0.1) is 0 Å². The molecule has 0 N–H and O–H groups in total. The van der Waals surface area contributed by atoms with E-state index < -0.39 is 5.92 Å². The van der Waals surface area contributed by atoms with Gasteiger partial charge in [0, 0.05) is 0 Å². The van der Waals surface area contributed by atoms with Crippen molar-refractivity contribution in [1.29, 1.82) is 0 Å². The molecule has 6 heteroatoms. The third-order valence-electron chi connectivity index (χ3n) is 7.08. The van der Waals surface area contributed by atoms with E-state index in [4.69, 9.17) is 4.74 Å². The zero-order valence-corrected chi connectivity index (χ0v) is 23.2. The Balaban J connectivity index is 1.34. The van der Waals surface area contributed by atoms with Gasteiger partial charge in [-0.25, -0.2) is 0 Å². The molecule has 1 fully saturated rings. The number of aryl methyl sites for hydroxylation is 1. The van der Waals surface area contributed by atoms with Crippen LogP contribution in [0.25, 0.3) is 21.5 Å². The van der Waals surface area contributed by atoms with Crippen molar-refractivity contribution in [2.45, 2.75) is 37.9 Å². The third kappa shape index (κ3) is 5.18. The van der Waals surface area contributed by atoms with Gasteiger partial charge in [0.25, 0.3) is 0 Å². The zero-order chi connectivity index (χ0) is 26.1. The second kappa shape index (κ2) is 10.5. The molecule has 4 aromatic carbocycles. The Morgan fingerprint density at radius 1 is 0.838 bits per heavy atom. The van der Waals surface area contributed by atoms with Crippen LogP contribution in [-0.4, -0.2) is 50.1 Å². The van der Waals surface area contributed by atoms with Crippen molar-refractivity contribution in [2.75, 3.05) is 13.7 Å². The molecule has 0 unspecified atom stereocenters. The molecule has 0 saturated carbocycles. The first-order valence-corrected chi connectivity index (χ1v) is 14.6. The number of hydrogen-bond acceptors (Lipinski definition) is 3. The van der Waals surface area contributed by atoms with Crippen LogP contribution in [0.2, 0.25) is 5.32 Å². The van der Waals surface area contributed by atoms with E-state index in [0.29, 0.717) is 11.3 Å². The summed E-state index contributed by atoms with van der Waals surface area (Å²) in [4.78, 5) is 32.9. The summed E-state index contributed by atoms with van der Waals surface area (Å²) >= 11 is 0.00557. The molecule has 0 aromatic heterocycles. The fourth-order valence-corrected chi connectivity index (χ4v) is 6.69. The minimum absolute atomic E-state index is 0.00434. The van der Waals surface area contributed by atoms with Gasteiger partial charge in [-0.1, -0.05) is 0 Å². The summed E-state index contributed by atoms with van der Waals surface area (Å²) in [6, 6.07) is 24.4. The second-order valence-electron chi connectivity index (χ2n) is 9.60. The number of ether oxygens (including phenoxy) is 1. The number of nitrogens with zero attached hydrogens (tertiary/aromatic N) is 2. The Morgan fingerprint density at radius 2 is 1.43 bits per heavy atom. The fourth-order valence-electron chi connectivity index (χ4n) is 4.70. The number of methoxy groups -OCH3 is 1. The molecule has 2 amide bonds. The van der Waals surface area contributed by atoms with Crippen LogP contribution >= 0.6 is 0 Å². The van der Waals surface area contributed by atoms with Crippen LogP contribution in [0.4, 0.5) is 0 Å². The maximum absolute atomic E-state index is 13.5. The number of rotatable bonds is 5. The number of carbonyl (C=O) groups excluding carboxylic acids is 2. The van der Waals surface area contributed by atoms with Gasteiger partial charge in [-0.3, -0.25) is 0 Å². The second-order valence-corrected chi connectivity index (χ2v) is 11.8. The van der Waals surface area contributed by atoms with E-state index in [9.17, 15) is 9.59 Å². The first-order chi connectivity index (χ1) is 17.8. The molecule has 188 valence electrons. The summed E-state index contributed by atoms with van der Waals surface area (Å²) in [5, 5.41) is 5.28. The molecular formula is C31H30N2O3Se. The first kappa shape index (κ1) is 25.2. The molecule has 0 bridgehead atoms. The quantitative estimate of drug-likeness (QED) is 0.280. The fraction of sp³-hybridized carbons (Fsp3) is 0.258. The average molecular weight is 558 g/mol. The van der Waals surface area contributed by atoms with Crippen LogP contribution < -0.4 is 4.74 Å². The van der Waals surface area contributed by atoms with E-state index >= 15 is 0 Å². The molecule has 2 atom stereocenters. The molecule has 1 aliphatic heterocycles. The molecule has 5 rings (SSSR count). The van der Waals surface area contributed by atoms with Crippen molar-refractivity contribution in [1.82, 2.24) is 4.90 Å². The molecule has 4 aromatic rings. The van der Waals surface area contributed by atoms with Crippen molar-refractivity contribution in [2.24, 2.45) is 4.99 Å². The van der Waals surface area contributed by atoms with Crippen LogP contribution in [0, 0.1) is 6.92 Å². The van der Waals surface area contributed by atoms with E-state index in [1.807, 2.05) is 56.3 Å². The van der Waals surface area contributed by atoms with Gasteiger partial charge >= 0.3 is 224 Å². The minimum atomic E-state index is -0.395. The average Bonchev–Trinajstić information content (AvgIpc) is 3.38. The SMILES string of the molecule is COc1ccc2cc([C@H](C)C(=O)N=C3[Se]CCN3C(=O)[C@@H](C)c3ccc4cc(C)ccc4c3)ccc2c1. The van der Waals surface area contributed by atoms with Crippen LogP contribution in [0.3, 0.4) is 0 Å². The molecule has 37 heavy (non-hydrogen) atoms. The molecule has 1 aliphatic rings. The molecule has 0 radical (unpaired) electrons. The number of amides is 2. The summed E-state index contributed by atoms with van der Waals surface area (Å²) in [5.74, 6) is -0.108. The number of hydrogen-bond donors (Lipinski definition) is 0. The number of benzene rings is 4. The van der Waals surface area contributed by atoms with Crippen molar-refractivity contribution in [3.63, 3.8) is 0 Å². The van der Waals surface area contributed by atoms with E-state index in [-0.39, 0.29) is 32.7 Å². The van der Waals surface area contributed by atoms with Crippen LogP contribution in [0.1, 0.15) is 42.4 Å². The number of amidine groups is 1. The summed E-state index contributed by atoms with van der Waals surface area (Å²) in [5.41, 5.74) is 3.11. The molecule has 1 saturated heterocycles. The maximum atomic E-state index is 13.5. The van der Waals surface area contributed by atoms with E-state index in [2.05, 4.69) is 42.2 Å². The molecular weight excluding hydrogens is 527 g/mol. The number of aliphatic imine (C=N–C) groups is 1. The summed E-state index contributed by atoms with van der Waals surface area (Å²) in [6.07, 6.45) is 0. The van der Waals surface area contributed by atoms with E-state index in [0.717, 1.165) is 38.4 Å². The predicted octanol–water partition coefficient (Wildman–Crippen LogP) is 6.06. The molecule has 5 nitrogen and oxygen atoms in total. The Kier molecular flexibility index (Phi) is 7.14. The van der Waals surface area contributed by atoms with Gasteiger partial charge in [-0.05, 0) is 0 Å². The first-order valence-electron chi connectivity index (χ1n) is 12.5. The number of carbonyl (C=O) groups is 2. The van der Waals surface area contributed by atoms with Crippen LogP contribution in [0.5, 0.6) is 5.75 Å². The van der Waals surface area contributed by atoms with Gasteiger partial charge < -0.3 is 0 Å². The molecule has 0 spiro atoms. The Morgan fingerprint density at radius 3 is 2.14 bits per heavy atom. The summed E-state index contributed by atoms with van der Waals surface area (Å²) < 4.78 is 5.95. The normalized spacial score (nSPS) is 16.3. The number of fused-ring (bicyclic) bond motifs is 2. The van der Waals surface area contributed by atoms with Crippen molar-refractivity contribution < 1.29 is 14.3 Å². The van der Waals surface area contributed by atoms with Crippen LogP contribution in [-0.2, 0) is 9.59 Å². The Hall–Kier alpha value is -3.47. The van der Waals surface area contributed by atoms with E-state index in [1.54, 1.807) is 12.0 Å². The van der Waals surface area contributed by atoms with Gasteiger partial charge in [-0.15, -0.1) is 0 Å². The monoisotopic (exact) mass is 558 g/mol. The van der Waals surface area contributed by atoms with Crippen molar-refractivity contribution >= 4 is 53.1 Å². The Bertz CT molecular complexity index is 1540. The van der Waals surface area contributed by atoms with Gasteiger partial charge in [0.1, 0.15) is 0 Å². The Labute approximate surface area is 223 Å². The van der Waals surface area contributed by atoms with Gasteiger partial charge in [0.2, 0.25) is 0 Å². The van der Waals surface area contributed by atoms with Crippen LogP contribution in [0.15, 0.2) is 77.8 Å². The standard InChI is InChI=1S/C31H30N2O3Se/c1-19-5-6-25-17-23(8-9-24(25)15-19)21(3)30(35)33-13-14-37-31(33)32-29(34)20(2)22-7-10-27-18-28(36-4)12-11-26(27)16-22/h5-12,15-18,20-21H,13-14H2,1-4H3/t20-,21-/m0/s1. The zero-order valence-electron chi connectivity index (χ0n) is 21.5. The van der Waals surface area contributed by atoms with Gasteiger partial charge in [0.15, 0.2) is 0 Å². The third-order valence-corrected chi connectivity index (χ3v) is 9.09. The predicted molar refractivity (Wildman–Crippen MR) is 151 cm³/mol. The van der Waals surface area contributed by atoms with E-state index in [1.165, 1.54) is 10.9 Å². The van der Waals surface area contributed by atoms with Crippen molar-refractivity contribution in [3.05, 3.63) is 89.5 Å². The molecule has 1 heterocycles. The summed E-state index contributed by atoms with van der Waals surface area (Å²) in [6.45, 7) is 6.52. The van der Waals surface area contributed by atoms with Crippen molar-refractivity contribution in [3.8, 4) is 5.75 Å². The molecule has 0 aliphatic carbocycles.